The van der Waals surface area contributed by atoms with Crippen molar-refractivity contribution < 1.29 is 4.79 Å². The topological polar surface area (TPSA) is 35.6 Å². The van der Waals surface area contributed by atoms with Crippen LogP contribution in [-0.2, 0) is 4.79 Å². The molecule has 0 aromatic carbocycles. The lowest BCUT2D eigenvalue weighted by Gasteiger charge is -2.40. The normalized spacial score (nSPS) is 31.1. The third-order valence-electron chi connectivity index (χ3n) is 4.27. The molecule has 18 heavy (non-hydrogen) atoms. The largest absolute Gasteiger partial charge is 0.336 e. The quantitative estimate of drug-likeness (QED) is 0.799. The van der Waals surface area contributed by atoms with Crippen molar-refractivity contribution in [3.63, 3.8) is 0 Å². The van der Waals surface area contributed by atoms with E-state index >= 15 is 0 Å². The number of carbonyl (C=O) groups is 1. The van der Waals surface area contributed by atoms with E-state index in [1.165, 1.54) is 6.42 Å². The number of carbonyl (C=O) groups excluding carboxylic acids is 1. The molecule has 1 N–H and O–H groups in total. The molecular weight excluding hydrogens is 226 g/mol. The first-order valence-corrected chi connectivity index (χ1v) is 7.42. The summed E-state index contributed by atoms with van der Waals surface area (Å²) in [5, 5.41) is 3.38. The molecule has 0 aliphatic carbocycles. The lowest BCUT2D eigenvalue weighted by atomic mass is 9.97. The third kappa shape index (κ3) is 3.45. The molecule has 4 heteroatoms. The van der Waals surface area contributed by atoms with Gasteiger partial charge in [-0.2, -0.15) is 0 Å². The first kappa shape index (κ1) is 13.8. The zero-order valence-electron chi connectivity index (χ0n) is 11.8. The third-order valence-corrected chi connectivity index (χ3v) is 4.27. The Morgan fingerprint density at radius 1 is 1.11 bits per heavy atom. The van der Waals surface area contributed by atoms with Crippen LogP contribution in [0.25, 0.3) is 0 Å². The van der Waals surface area contributed by atoms with Gasteiger partial charge in [-0.25, -0.2) is 0 Å². The van der Waals surface area contributed by atoms with Gasteiger partial charge in [0.2, 0.25) is 5.91 Å². The first-order valence-electron chi connectivity index (χ1n) is 7.42. The van der Waals surface area contributed by atoms with E-state index in [9.17, 15) is 4.79 Å². The average Bonchev–Trinajstić information content (AvgIpc) is 2.57. The van der Waals surface area contributed by atoms with Gasteiger partial charge in [-0.15, -0.1) is 0 Å². The number of nitrogens with zero attached hydrogens (tertiary/aromatic N) is 2. The Morgan fingerprint density at radius 3 is 2.56 bits per heavy atom. The molecular formula is C14H27N3O. The summed E-state index contributed by atoms with van der Waals surface area (Å²) < 4.78 is 0. The number of likely N-dealkylation sites (tertiary alicyclic amines) is 1. The summed E-state index contributed by atoms with van der Waals surface area (Å²) in [5.41, 5.74) is 0. The minimum atomic E-state index is 0.330. The Morgan fingerprint density at radius 2 is 1.83 bits per heavy atom. The number of hydrogen-bond donors (Lipinski definition) is 1. The van der Waals surface area contributed by atoms with Gasteiger partial charge in [-0.3, -0.25) is 9.69 Å². The molecule has 2 unspecified atom stereocenters. The van der Waals surface area contributed by atoms with Crippen molar-refractivity contribution >= 4 is 5.91 Å². The molecule has 2 rings (SSSR count). The van der Waals surface area contributed by atoms with Crippen LogP contribution in [0.4, 0.5) is 0 Å². The molecule has 4 nitrogen and oxygen atoms in total. The molecule has 2 heterocycles. The van der Waals surface area contributed by atoms with Crippen LogP contribution in [0.3, 0.4) is 0 Å². The number of nitrogens with one attached hydrogen (secondary N) is 1. The van der Waals surface area contributed by atoms with Crippen molar-refractivity contribution in [1.82, 2.24) is 15.1 Å². The maximum absolute atomic E-state index is 12.5. The van der Waals surface area contributed by atoms with Gasteiger partial charge in [0, 0.05) is 25.2 Å². The SMILES string of the molecule is CC1CCCC(C)N1C(=O)CN1CCCNCC1. The number of hydrogen-bond acceptors (Lipinski definition) is 3. The average molecular weight is 253 g/mol. The van der Waals surface area contributed by atoms with E-state index in [0.29, 0.717) is 24.5 Å². The molecule has 0 bridgehead atoms. The maximum Gasteiger partial charge on any atom is 0.237 e. The monoisotopic (exact) mass is 253 g/mol. The minimum absolute atomic E-state index is 0.330. The first-order chi connectivity index (χ1) is 8.68. The zero-order valence-corrected chi connectivity index (χ0v) is 11.8. The van der Waals surface area contributed by atoms with Crippen molar-refractivity contribution in [2.24, 2.45) is 0 Å². The van der Waals surface area contributed by atoms with E-state index < -0.39 is 0 Å². The second-order valence-corrected chi connectivity index (χ2v) is 5.81. The smallest absolute Gasteiger partial charge is 0.237 e. The molecule has 0 radical (unpaired) electrons. The molecule has 104 valence electrons. The van der Waals surface area contributed by atoms with E-state index in [2.05, 4.69) is 29.0 Å². The lowest BCUT2D eigenvalue weighted by Crippen LogP contribution is -2.51. The van der Waals surface area contributed by atoms with Crippen molar-refractivity contribution in [2.45, 2.75) is 51.6 Å². The summed E-state index contributed by atoms with van der Waals surface area (Å²) in [6.45, 7) is 9.14. The van der Waals surface area contributed by atoms with Crippen LogP contribution in [0, 0.1) is 0 Å². The molecule has 0 spiro atoms. The van der Waals surface area contributed by atoms with Gasteiger partial charge in [0.05, 0.1) is 6.54 Å². The Labute approximate surface area is 111 Å². The number of amides is 1. The molecule has 1 amide bonds. The molecule has 0 saturated carbocycles. The molecule has 2 aliphatic rings. The second-order valence-electron chi connectivity index (χ2n) is 5.81. The fourth-order valence-electron chi connectivity index (χ4n) is 3.25. The van der Waals surface area contributed by atoms with Crippen molar-refractivity contribution in [1.29, 1.82) is 0 Å². The Bertz CT molecular complexity index is 264. The van der Waals surface area contributed by atoms with Crippen LogP contribution in [0.5, 0.6) is 0 Å². The summed E-state index contributed by atoms with van der Waals surface area (Å²) in [7, 11) is 0. The second kappa shape index (κ2) is 6.53. The fraction of sp³-hybridized carbons (Fsp3) is 0.929. The molecule has 2 aliphatic heterocycles. The molecule has 2 fully saturated rings. The molecule has 2 atom stereocenters. The fourth-order valence-corrected chi connectivity index (χ4v) is 3.25. The van der Waals surface area contributed by atoms with Crippen molar-refractivity contribution in [2.75, 3.05) is 32.7 Å². The van der Waals surface area contributed by atoms with Crippen LogP contribution in [0.1, 0.15) is 39.5 Å². The molecule has 2 saturated heterocycles. The lowest BCUT2D eigenvalue weighted by molar-refractivity contribution is -0.138. The van der Waals surface area contributed by atoms with Crippen molar-refractivity contribution in [3.8, 4) is 0 Å². The Hall–Kier alpha value is -0.610. The summed E-state index contributed by atoms with van der Waals surface area (Å²) in [5.74, 6) is 0.330. The predicted octanol–water partition coefficient (Wildman–Crippen LogP) is 1.07. The van der Waals surface area contributed by atoms with Gasteiger partial charge in [-0.1, -0.05) is 0 Å². The van der Waals surface area contributed by atoms with E-state index in [1.807, 2.05) is 0 Å². The van der Waals surface area contributed by atoms with Gasteiger partial charge in [0.15, 0.2) is 0 Å². The van der Waals surface area contributed by atoms with E-state index in [0.717, 1.165) is 45.4 Å². The van der Waals surface area contributed by atoms with Gasteiger partial charge in [0.25, 0.3) is 0 Å². The molecule has 0 aromatic rings. The standard InChI is InChI=1S/C14H27N3O/c1-12-5-3-6-13(2)17(12)14(18)11-16-9-4-7-15-8-10-16/h12-13,15H,3-11H2,1-2H3. The maximum atomic E-state index is 12.5. The van der Waals surface area contributed by atoms with Crippen LogP contribution in [0.2, 0.25) is 0 Å². The highest BCUT2D eigenvalue weighted by atomic mass is 16.2. The van der Waals surface area contributed by atoms with Crippen LogP contribution < -0.4 is 5.32 Å². The Kier molecular flexibility index (Phi) is 5.01. The van der Waals surface area contributed by atoms with E-state index in [1.54, 1.807) is 0 Å². The summed E-state index contributed by atoms with van der Waals surface area (Å²) in [6.07, 6.45) is 4.74. The Balaban J connectivity index is 1.89. The van der Waals surface area contributed by atoms with Crippen molar-refractivity contribution in [3.05, 3.63) is 0 Å². The number of piperidine rings is 1. The predicted molar refractivity (Wildman–Crippen MR) is 73.5 cm³/mol. The highest BCUT2D eigenvalue weighted by molar-refractivity contribution is 5.79. The van der Waals surface area contributed by atoms with Crippen LogP contribution >= 0.6 is 0 Å². The van der Waals surface area contributed by atoms with Crippen LogP contribution in [-0.4, -0.2) is 60.5 Å². The molecule has 0 aromatic heterocycles. The summed E-state index contributed by atoms with van der Waals surface area (Å²) >= 11 is 0. The highest BCUT2D eigenvalue weighted by Gasteiger charge is 2.29. The number of rotatable bonds is 2. The highest BCUT2D eigenvalue weighted by Crippen LogP contribution is 2.22. The van der Waals surface area contributed by atoms with Gasteiger partial charge < -0.3 is 10.2 Å². The summed E-state index contributed by atoms with van der Waals surface area (Å²) in [6, 6.07) is 0.845. The summed E-state index contributed by atoms with van der Waals surface area (Å²) in [4.78, 5) is 16.9. The van der Waals surface area contributed by atoms with Gasteiger partial charge in [0.1, 0.15) is 0 Å². The van der Waals surface area contributed by atoms with Gasteiger partial charge in [-0.05, 0) is 52.6 Å². The van der Waals surface area contributed by atoms with Crippen LogP contribution in [0.15, 0.2) is 0 Å². The van der Waals surface area contributed by atoms with Gasteiger partial charge >= 0.3 is 0 Å². The van der Waals surface area contributed by atoms with E-state index in [4.69, 9.17) is 0 Å². The zero-order chi connectivity index (χ0) is 13.0. The minimum Gasteiger partial charge on any atom is -0.336 e. The van der Waals surface area contributed by atoms with E-state index in [-0.39, 0.29) is 0 Å².